The fourth-order valence-electron chi connectivity index (χ4n) is 1.29. The fraction of sp³-hybridized carbons (Fsp3) is 0.818. The first-order valence-electron chi connectivity index (χ1n) is 5.64. The van der Waals surface area contributed by atoms with E-state index in [1.54, 1.807) is 0 Å². The van der Waals surface area contributed by atoms with Crippen molar-refractivity contribution in [2.24, 2.45) is 0 Å². The molecule has 84 valence electrons. The highest BCUT2D eigenvalue weighted by Gasteiger charge is 2.25. The molecule has 0 radical (unpaired) electrons. The van der Waals surface area contributed by atoms with Crippen molar-refractivity contribution >= 4 is 5.91 Å². The van der Waals surface area contributed by atoms with E-state index in [0.29, 0.717) is 12.5 Å². The molecule has 0 bridgehead atoms. The number of nitriles is 1. The zero-order chi connectivity index (χ0) is 11.1. The van der Waals surface area contributed by atoms with Gasteiger partial charge in [0.25, 0.3) is 0 Å². The summed E-state index contributed by atoms with van der Waals surface area (Å²) in [6.45, 7) is 2.68. The van der Waals surface area contributed by atoms with E-state index in [-0.39, 0.29) is 11.9 Å². The normalized spacial score (nSPS) is 16.8. The van der Waals surface area contributed by atoms with Crippen molar-refractivity contribution in [3.8, 4) is 6.07 Å². The number of unbranched alkanes of at least 4 members (excludes halogenated alkanes) is 2. The molecular formula is C11H19N3O. The summed E-state index contributed by atoms with van der Waals surface area (Å²) in [6, 6.07) is 2.42. The van der Waals surface area contributed by atoms with Crippen LogP contribution in [0.25, 0.3) is 0 Å². The van der Waals surface area contributed by atoms with Gasteiger partial charge >= 0.3 is 0 Å². The third-order valence-corrected chi connectivity index (χ3v) is 2.48. The Morgan fingerprint density at radius 2 is 2.27 bits per heavy atom. The summed E-state index contributed by atoms with van der Waals surface area (Å²) in [5, 5.41) is 14.4. The van der Waals surface area contributed by atoms with E-state index in [1.807, 2.05) is 6.92 Å². The van der Waals surface area contributed by atoms with E-state index in [9.17, 15) is 4.79 Å². The maximum atomic E-state index is 11.5. The molecule has 4 nitrogen and oxygen atoms in total. The van der Waals surface area contributed by atoms with E-state index >= 15 is 0 Å². The molecule has 1 amide bonds. The molecule has 15 heavy (non-hydrogen) atoms. The number of amides is 1. The fourth-order valence-corrected chi connectivity index (χ4v) is 1.29. The van der Waals surface area contributed by atoms with Gasteiger partial charge in [0.05, 0.1) is 12.1 Å². The molecule has 4 heteroatoms. The monoisotopic (exact) mass is 209 g/mol. The molecule has 0 aromatic carbocycles. The van der Waals surface area contributed by atoms with E-state index < -0.39 is 0 Å². The largest absolute Gasteiger partial charge is 0.352 e. The van der Waals surface area contributed by atoms with Gasteiger partial charge in [-0.1, -0.05) is 0 Å². The van der Waals surface area contributed by atoms with Crippen LogP contribution >= 0.6 is 0 Å². The van der Waals surface area contributed by atoms with E-state index in [4.69, 9.17) is 5.26 Å². The highest BCUT2D eigenvalue weighted by molar-refractivity contribution is 5.81. The van der Waals surface area contributed by atoms with Crippen LogP contribution < -0.4 is 10.6 Å². The van der Waals surface area contributed by atoms with Gasteiger partial charge in [-0.15, -0.1) is 0 Å². The standard InChI is InChI=1S/C11H19N3O/c1-9(11(15)14-10-5-6-10)13-8-4-2-3-7-12/h9-10,13H,2-6,8H2,1H3,(H,14,15). The second kappa shape index (κ2) is 6.41. The van der Waals surface area contributed by atoms with Crippen LogP contribution in [0.3, 0.4) is 0 Å². The van der Waals surface area contributed by atoms with Crippen LogP contribution in [0.2, 0.25) is 0 Å². The molecule has 0 heterocycles. The summed E-state index contributed by atoms with van der Waals surface area (Å²) in [5.74, 6) is 0.0952. The molecule has 0 spiro atoms. The van der Waals surface area contributed by atoms with Gasteiger partial charge in [-0.2, -0.15) is 5.26 Å². The Kier molecular flexibility index (Phi) is 5.13. The second-order valence-corrected chi connectivity index (χ2v) is 4.07. The van der Waals surface area contributed by atoms with Crippen molar-refractivity contribution < 1.29 is 4.79 Å². The summed E-state index contributed by atoms with van der Waals surface area (Å²) in [7, 11) is 0. The number of rotatable bonds is 7. The Morgan fingerprint density at radius 1 is 1.53 bits per heavy atom. The lowest BCUT2D eigenvalue weighted by molar-refractivity contribution is -0.122. The summed E-state index contributed by atoms with van der Waals surface area (Å²) in [5.41, 5.74) is 0. The predicted molar refractivity (Wildman–Crippen MR) is 58.1 cm³/mol. The topological polar surface area (TPSA) is 64.9 Å². The maximum Gasteiger partial charge on any atom is 0.237 e. The van der Waals surface area contributed by atoms with E-state index in [0.717, 1.165) is 32.2 Å². The average Bonchev–Trinajstić information content (AvgIpc) is 3.01. The van der Waals surface area contributed by atoms with Gasteiger partial charge in [-0.3, -0.25) is 4.79 Å². The van der Waals surface area contributed by atoms with Crippen LogP contribution in [-0.2, 0) is 4.79 Å². The first-order chi connectivity index (χ1) is 7.24. The number of carbonyl (C=O) groups excluding carboxylic acids is 1. The number of nitrogens with one attached hydrogen (secondary N) is 2. The van der Waals surface area contributed by atoms with Gasteiger partial charge in [0.1, 0.15) is 0 Å². The van der Waals surface area contributed by atoms with Crippen molar-refractivity contribution in [1.29, 1.82) is 5.26 Å². The predicted octanol–water partition coefficient (Wildman–Crippen LogP) is 0.937. The lowest BCUT2D eigenvalue weighted by Gasteiger charge is -2.13. The number of hydrogen-bond acceptors (Lipinski definition) is 3. The molecule has 1 rings (SSSR count). The molecule has 0 aromatic rings. The Morgan fingerprint density at radius 3 is 2.87 bits per heavy atom. The third kappa shape index (κ3) is 5.38. The highest BCUT2D eigenvalue weighted by atomic mass is 16.2. The smallest absolute Gasteiger partial charge is 0.237 e. The Labute approximate surface area is 91.0 Å². The zero-order valence-corrected chi connectivity index (χ0v) is 9.25. The average molecular weight is 209 g/mol. The quantitative estimate of drug-likeness (QED) is 0.613. The molecule has 0 aromatic heterocycles. The minimum atomic E-state index is -0.118. The van der Waals surface area contributed by atoms with Gasteiger partial charge in [0, 0.05) is 12.5 Å². The van der Waals surface area contributed by atoms with Crippen LogP contribution in [0.5, 0.6) is 0 Å². The van der Waals surface area contributed by atoms with Crippen molar-refractivity contribution in [2.75, 3.05) is 6.54 Å². The Bertz CT molecular complexity index is 243. The second-order valence-electron chi connectivity index (χ2n) is 4.07. The van der Waals surface area contributed by atoms with E-state index in [2.05, 4.69) is 16.7 Å². The Balaban J connectivity index is 1.99. The number of carbonyl (C=O) groups is 1. The van der Waals surface area contributed by atoms with Gasteiger partial charge in [0.2, 0.25) is 5.91 Å². The number of nitrogens with zero attached hydrogens (tertiary/aromatic N) is 1. The number of hydrogen-bond donors (Lipinski definition) is 2. The molecule has 1 saturated carbocycles. The first-order valence-corrected chi connectivity index (χ1v) is 5.64. The minimum absolute atomic E-state index is 0.0952. The van der Waals surface area contributed by atoms with Gasteiger partial charge in [-0.05, 0) is 39.2 Å². The van der Waals surface area contributed by atoms with Crippen LogP contribution in [0, 0.1) is 11.3 Å². The molecular weight excluding hydrogens is 190 g/mol. The SMILES string of the molecule is CC(NCCCCC#N)C(=O)NC1CC1. The first kappa shape index (κ1) is 12.0. The molecule has 0 aliphatic heterocycles. The molecule has 1 aliphatic carbocycles. The molecule has 0 saturated heterocycles. The minimum Gasteiger partial charge on any atom is -0.352 e. The van der Waals surface area contributed by atoms with Gasteiger partial charge < -0.3 is 10.6 Å². The van der Waals surface area contributed by atoms with Crippen molar-refractivity contribution in [3.63, 3.8) is 0 Å². The molecule has 1 aliphatic rings. The summed E-state index contributed by atoms with van der Waals surface area (Å²) < 4.78 is 0. The van der Waals surface area contributed by atoms with Crippen LogP contribution in [0.4, 0.5) is 0 Å². The lowest BCUT2D eigenvalue weighted by atomic mass is 10.2. The summed E-state index contributed by atoms with van der Waals surface area (Å²) in [6.07, 6.45) is 4.71. The van der Waals surface area contributed by atoms with Crippen LogP contribution in [0.1, 0.15) is 39.0 Å². The molecule has 1 fully saturated rings. The molecule has 1 atom stereocenters. The molecule has 1 unspecified atom stereocenters. The van der Waals surface area contributed by atoms with Crippen molar-refractivity contribution in [3.05, 3.63) is 0 Å². The lowest BCUT2D eigenvalue weighted by Crippen LogP contribution is -2.43. The van der Waals surface area contributed by atoms with Gasteiger partial charge in [0.15, 0.2) is 0 Å². The van der Waals surface area contributed by atoms with Crippen LogP contribution in [-0.4, -0.2) is 24.5 Å². The van der Waals surface area contributed by atoms with Crippen LogP contribution in [0.15, 0.2) is 0 Å². The van der Waals surface area contributed by atoms with Crippen molar-refractivity contribution in [2.45, 2.75) is 51.1 Å². The van der Waals surface area contributed by atoms with E-state index in [1.165, 1.54) is 0 Å². The summed E-state index contributed by atoms with van der Waals surface area (Å²) in [4.78, 5) is 11.5. The van der Waals surface area contributed by atoms with Crippen molar-refractivity contribution in [1.82, 2.24) is 10.6 Å². The zero-order valence-electron chi connectivity index (χ0n) is 9.25. The van der Waals surface area contributed by atoms with Gasteiger partial charge in [-0.25, -0.2) is 0 Å². The third-order valence-electron chi connectivity index (χ3n) is 2.48. The highest BCUT2D eigenvalue weighted by Crippen LogP contribution is 2.18. The summed E-state index contributed by atoms with van der Waals surface area (Å²) >= 11 is 0. The molecule has 2 N–H and O–H groups in total. The Hall–Kier alpha value is -1.08. The maximum absolute atomic E-state index is 11.5.